The van der Waals surface area contributed by atoms with Crippen molar-refractivity contribution in [1.82, 2.24) is 15.5 Å². The molecule has 0 radical (unpaired) electrons. The number of nitrogens with two attached hydrogens (primary N) is 1. The highest BCUT2D eigenvalue weighted by Gasteiger charge is 2.28. The van der Waals surface area contributed by atoms with Crippen molar-refractivity contribution in [3.05, 3.63) is 35.4 Å². The second-order valence-electron chi connectivity index (χ2n) is 6.21. The van der Waals surface area contributed by atoms with Crippen LogP contribution in [-0.2, 0) is 14.4 Å². The van der Waals surface area contributed by atoms with Gasteiger partial charge < -0.3 is 26.4 Å². The van der Waals surface area contributed by atoms with Gasteiger partial charge in [0.2, 0.25) is 11.8 Å². The lowest BCUT2D eigenvalue weighted by atomic mass is 9.98. The number of carbonyl (C=O) groups excluding carboxylic acids is 3. The van der Waals surface area contributed by atoms with Gasteiger partial charge in [-0.3, -0.25) is 9.59 Å². The number of primary amides is 1. The van der Waals surface area contributed by atoms with Gasteiger partial charge in [-0.25, -0.2) is 9.59 Å². The van der Waals surface area contributed by atoms with Crippen molar-refractivity contribution in [2.24, 2.45) is 5.73 Å². The van der Waals surface area contributed by atoms with Crippen LogP contribution in [0.25, 0.3) is 0 Å². The van der Waals surface area contributed by atoms with E-state index in [4.69, 9.17) is 5.73 Å². The van der Waals surface area contributed by atoms with Crippen LogP contribution in [0, 0.1) is 6.92 Å². The third-order valence-corrected chi connectivity index (χ3v) is 4.13. The number of rotatable bonds is 9. The summed E-state index contributed by atoms with van der Waals surface area (Å²) < 4.78 is 0. The number of nitrogens with one attached hydrogen (secondary N) is 2. The molecule has 2 atom stereocenters. The van der Waals surface area contributed by atoms with Crippen LogP contribution in [0.4, 0.5) is 4.79 Å². The zero-order valence-electron chi connectivity index (χ0n) is 15.7. The summed E-state index contributed by atoms with van der Waals surface area (Å²) in [6.07, 6.45) is -0.161. The molecule has 0 aliphatic heterocycles. The predicted molar refractivity (Wildman–Crippen MR) is 98.8 cm³/mol. The van der Waals surface area contributed by atoms with E-state index in [9.17, 15) is 24.3 Å². The SMILES string of the molecule is CC(=O)NCCN(C(=O)CC(NC(N)=O)c1ccccc1C)C(C)C(=O)O. The lowest BCUT2D eigenvalue weighted by Crippen LogP contribution is -2.48. The number of carbonyl (C=O) groups is 4. The Bertz CT molecular complexity index is 707. The van der Waals surface area contributed by atoms with Crippen LogP contribution < -0.4 is 16.4 Å². The van der Waals surface area contributed by atoms with Crippen LogP contribution in [-0.4, -0.2) is 53.0 Å². The van der Waals surface area contributed by atoms with E-state index in [2.05, 4.69) is 10.6 Å². The van der Waals surface area contributed by atoms with Crippen molar-refractivity contribution >= 4 is 23.8 Å². The molecule has 1 rings (SSSR count). The molecular weight excluding hydrogens is 352 g/mol. The van der Waals surface area contributed by atoms with E-state index < -0.39 is 30.0 Å². The lowest BCUT2D eigenvalue weighted by molar-refractivity contribution is -0.149. The molecule has 0 aliphatic rings. The molecule has 0 spiro atoms. The zero-order valence-corrected chi connectivity index (χ0v) is 15.7. The molecule has 148 valence electrons. The van der Waals surface area contributed by atoms with E-state index in [1.54, 1.807) is 12.1 Å². The first kappa shape index (κ1) is 21.9. The van der Waals surface area contributed by atoms with Gasteiger partial charge in [0.25, 0.3) is 0 Å². The average Bonchev–Trinajstić information content (AvgIpc) is 2.57. The van der Waals surface area contributed by atoms with Crippen molar-refractivity contribution in [3.8, 4) is 0 Å². The first-order valence-electron chi connectivity index (χ1n) is 8.51. The van der Waals surface area contributed by atoms with Gasteiger partial charge in [0.15, 0.2) is 0 Å². The van der Waals surface area contributed by atoms with Crippen molar-refractivity contribution in [2.75, 3.05) is 13.1 Å². The number of nitrogens with zero attached hydrogens (tertiary/aromatic N) is 1. The third kappa shape index (κ3) is 6.96. The fourth-order valence-corrected chi connectivity index (χ4v) is 2.70. The van der Waals surface area contributed by atoms with Crippen LogP contribution in [0.1, 0.15) is 37.4 Å². The first-order chi connectivity index (χ1) is 12.6. The van der Waals surface area contributed by atoms with E-state index in [0.717, 1.165) is 16.0 Å². The number of hydrogen-bond acceptors (Lipinski definition) is 4. The second-order valence-corrected chi connectivity index (χ2v) is 6.21. The number of urea groups is 1. The standard InChI is InChI=1S/C18H26N4O5/c1-11-6-4-5-7-14(11)15(21-18(19)27)10-16(24)22(12(2)17(25)26)9-8-20-13(3)23/h4-7,12,15H,8-10H2,1-3H3,(H,20,23)(H,25,26)(H3,19,21,27). The molecule has 4 amide bonds. The van der Waals surface area contributed by atoms with Crippen molar-refractivity contribution in [1.29, 1.82) is 0 Å². The fourth-order valence-electron chi connectivity index (χ4n) is 2.70. The van der Waals surface area contributed by atoms with Crippen LogP contribution >= 0.6 is 0 Å². The first-order valence-corrected chi connectivity index (χ1v) is 8.51. The Kier molecular flexibility index (Phi) is 8.25. The van der Waals surface area contributed by atoms with E-state index in [-0.39, 0.29) is 25.4 Å². The summed E-state index contributed by atoms with van der Waals surface area (Å²) in [5.74, 6) is -1.92. The Balaban J connectivity index is 3.02. The number of amides is 4. The molecular formula is C18H26N4O5. The quantitative estimate of drug-likeness (QED) is 0.496. The van der Waals surface area contributed by atoms with Gasteiger partial charge in [-0.05, 0) is 25.0 Å². The maximum atomic E-state index is 12.8. The Labute approximate surface area is 157 Å². The maximum Gasteiger partial charge on any atom is 0.326 e. The largest absolute Gasteiger partial charge is 0.480 e. The highest BCUT2D eigenvalue weighted by molar-refractivity contribution is 5.84. The smallest absolute Gasteiger partial charge is 0.326 e. The lowest BCUT2D eigenvalue weighted by Gasteiger charge is -2.29. The fraction of sp³-hybridized carbons (Fsp3) is 0.444. The van der Waals surface area contributed by atoms with Crippen molar-refractivity contribution < 1.29 is 24.3 Å². The normalized spacial score (nSPS) is 12.6. The summed E-state index contributed by atoms with van der Waals surface area (Å²) >= 11 is 0. The van der Waals surface area contributed by atoms with Gasteiger partial charge in [-0.15, -0.1) is 0 Å². The van der Waals surface area contributed by atoms with Crippen molar-refractivity contribution in [3.63, 3.8) is 0 Å². The number of carboxylic acids is 1. The van der Waals surface area contributed by atoms with Gasteiger partial charge in [0.1, 0.15) is 6.04 Å². The molecule has 0 saturated heterocycles. The van der Waals surface area contributed by atoms with E-state index in [0.29, 0.717) is 0 Å². The van der Waals surface area contributed by atoms with Gasteiger partial charge in [0.05, 0.1) is 12.5 Å². The Morgan fingerprint density at radius 2 is 1.85 bits per heavy atom. The number of benzene rings is 1. The Hall–Kier alpha value is -3.10. The van der Waals surface area contributed by atoms with Gasteiger partial charge >= 0.3 is 12.0 Å². The molecule has 1 aromatic rings. The molecule has 0 aliphatic carbocycles. The Morgan fingerprint density at radius 1 is 1.22 bits per heavy atom. The molecule has 0 heterocycles. The number of carboxylic acid groups (broad SMARTS) is 1. The van der Waals surface area contributed by atoms with Crippen LogP contribution in [0.3, 0.4) is 0 Å². The molecule has 9 heteroatoms. The molecule has 1 aromatic carbocycles. The van der Waals surface area contributed by atoms with Gasteiger partial charge in [-0.2, -0.15) is 0 Å². The minimum atomic E-state index is -1.17. The average molecular weight is 378 g/mol. The number of aryl methyl sites for hydroxylation is 1. The molecule has 0 aromatic heterocycles. The summed E-state index contributed by atoms with van der Waals surface area (Å²) in [4.78, 5) is 47.7. The van der Waals surface area contributed by atoms with Crippen LogP contribution in [0.15, 0.2) is 24.3 Å². The topological polar surface area (TPSA) is 142 Å². The minimum absolute atomic E-state index is 0.0307. The summed E-state index contributed by atoms with van der Waals surface area (Å²) in [5, 5.41) is 14.4. The number of aliphatic carboxylic acids is 1. The van der Waals surface area contributed by atoms with Gasteiger partial charge in [-0.1, -0.05) is 24.3 Å². The van der Waals surface area contributed by atoms with E-state index in [1.165, 1.54) is 13.8 Å². The molecule has 5 N–H and O–H groups in total. The summed E-state index contributed by atoms with van der Waals surface area (Å²) in [6, 6.07) is 4.64. The third-order valence-electron chi connectivity index (χ3n) is 4.13. The summed E-state index contributed by atoms with van der Waals surface area (Å²) in [6.45, 7) is 4.71. The number of hydrogen-bond donors (Lipinski definition) is 4. The van der Waals surface area contributed by atoms with E-state index in [1.807, 2.05) is 19.1 Å². The predicted octanol–water partition coefficient (Wildman–Crippen LogP) is 0.532. The Morgan fingerprint density at radius 3 is 2.37 bits per heavy atom. The highest BCUT2D eigenvalue weighted by Crippen LogP contribution is 2.22. The molecule has 27 heavy (non-hydrogen) atoms. The maximum absolute atomic E-state index is 12.8. The molecule has 2 unspecified atom stereocenters. The molecule has 0 saturated carbocycles. The van der Waals surface area contributed by atoms with Gasteiger partial charge in [0, 0.05) is 20.0 Å². The van der Waals surface area contributed by atoms with Crippen LogP contribution in [0.5, 0.6) is 0 Å². The minimum Gasteiger partial charge on any atom is -0.480 e. The monoisotopic (exact) mass is 378 g/mol. The second kappa shape index (κ2) is 10.1. The molecule has 9 nitrogen and oxygen atoms in total. The van der Waals surface area contributed by atoms with Crippen molar-refractivity contribution in [2.45, 2.75) is 39.3 Å². The zero-order chi connectivity index (χ0) is 20.6. The van der Waals surface area contributed by atoms with Crippen LogP contribution in [0.2, 0.25) is 0 Å². The highest BCUT2D eigenvalue weighted by atomic mass is 16.4. The van der Waals surface area contributed by atoms with E-state index >= 15 is 0 Å². The molecule has 0 fully saturated rings. The molecule has 0 bridgehead atoms. The summed E-state index contributed by atoms with van der Waals surface area (Å²) in [7, 11) is 0. The summed E-state index contributed by atoms with van der Waals surface area (Å²) in [5.41, 5.74) is 6.82.